The summed E-state index contributed by atoms with van der Waals surface area (Å²) in [5.41, 5.74) is 3.25. The Bertz CT molecular complexity index is 679. The molecule has 0 aliphatic rings. The Labute approximate surface area is 127 Å². The van der Waals surface area contributed by atoms with E-state index >= 15 is 0 Å². The molecule has 0 atom stereocenters. The molecular formula is C16H15FN2O3. The Morgan fingerprint density at radius 1 is 1.14 bits per heavy atom. The van der Waals surface area contributed by atoms with Gasteiger partial charge in [0.25, 0.3) is 5.91 Å². The van der Waals surface area contributed by atoms with Crippen molar-refractivity contribution in [3.8, 4) is 11.5 Å². The highest BCUT2D eigenvalue weighted by Gasteiger charge is 2.08. The zero-order valence-electron chi connectivity index (χ0n) is 12.2. The van der Waals surface area contributed by atoms with Crippen LogP contribution in [0.1, 0.15) is 15.9 Å². The number of hydrogen-bond donors (Lipinski definition) is 1. The van der Waals surface area contributed by atoms with Gasteiger partial charge >= 0.3 is 0 Å². The summed E-state index contributed by atoms with van der Waals surface area (Å²) in [6.45, 7) is 0. The lowest BCUT2D eigenvalue weighted by Crippen LogP contribution is -2.17. The number of methoxy groups -OCH3 is 2. The first kappa shape index (κ1) is 15.5. The molecule has 0 aromatic heterocycles. The van der Waals surface area contributed by atoms with E-state index in [0.717, 1.165) is 0 Å². The Kier molecular flexibility index (Phi) is 5.08. The molecule has 0 radical (unpaired) electrons. The zero-order chi connectivity index (χ0) is 15.9. The van der Waals surface area contributed by atoms with Crippen LogP contribution in [0.15, 0.2) is 47.6 Å². The minimum Gasteiger partial charge on any atom is -0.497 e. The van der Waals surface area contributed by atoms with Gasteiger partial charge in [-0.05, 0) is 29.8 Å². The van der Waals surface area contributed by atoms with Gasteiger partial charge in [-0.15, -0.1) is 0 Å². The van der Waals surface area contributed by atoms with Crippen LogP contribution in [0.4, 0.5) is 4.39 Å². The molecule has 0 saturated heterocycles. The molecule has 5 nitrogen and oxygen atoms in total. The number of benzene rings is 2. The molecule has 0 bridgehead atoms. The Morgan fingerprint density at radius 2 is 1.82 bits per heavy atom. The first-order valence-electron chi connectivity index (χ1n) is 6.44. The van der Waals surface area contributed by atoms with Gasteiger partial charge in [0.2, 0.25) is 0 Å². The lowest BCUT2D eigenvalue weighted by Gasteiger charge is -2.07. The highest BCUT2D eigenvalue weighted by molar-refractivity contribution is 5.95. The summed E-state index contributed by atoms with van der Waals surface area (Å²) in [7, 11) is 3.00. The van der Waals surface area contributed by atoms with E-state index in [-0.39, 0.29) is 5.82 Å². The van der Waals surface area contributed by atoms with Gasteiger partial charge in [0.1, 0.15) is 17.3 Å². The van der Waals surface area contributed by atoms with Crippen LogP contribution in [0.3, 0.4) is 0 Å². The summed E-state index contributed by atoms with van der Waals surface area (Å²) in [4.78, 5) is 12.0. The van der Waals surface area contributed by atoms with Crippen molar-refractivity contribution < 1.29 is 18.7 Å². The van der Waals surface area contributed by atoms with Crippen molar-refractivity contribution >= 4 is 12.1 Å². The largest absolute Gasteiger partial charge is 0.497 e. The van der Waals surface area contributed by atoms with Gasteiger partial charge < -0.3 is 9.47 Å². The summed E-state index contributed by atoms with van der Waals surface area (Å²) >= 11 is 0. The van der Waals surface area contributed by atoms with Crippen molar-refractivity contribution in [2.75, 3.05) is 14.2 Å². The number of nitrogens with one attached hydrogen (secondary N) is 1. The summed E-state index contributed by atoms with van der Waals surface area (Å²) < 4.78 is 23.2. The van der Waals surface area contributed by atoms with Crippen LogP contribution < -0.4 is 14.9 Å². The summed E-state index contributed by atoms with van der Waals surface area (Å²) in [6, 6.07) is 10.7. The van der Waals surface area contributed by atoms with Gasteiger partial charge in [-0.2, -0.15) is 5.10 Å². The molecule has 0 spiro atoms. The van der Waals surface area contributed by atoms with Gasteiger partial charge in [0, 0.05) is 11.6 Å². The van der Waals surface area contributed by atoms with Crippen LogP contribution >= 0.6 is 0 Å². The van der Waals surface area contributed by atoms with E-state index < -0.39 is 5.91 Å². The molecule has 2 rings (SSSR count). The molecule has 1 N–H and O–H groups in total. The topological polar surface area (TPSA) is 59.9 Å². The van der Waals surface area contributed by atoms with Gasteiger partial charge in [-0.25, -0.2) is 9.82 Å². The SMILES string of the molecule is COc1cc(OC)cc(C(=O)N/N=C\c2cccc(F)c2)c1. The molecule has 0 aliphatic carbocycles. The van der Waals surface area contributed by atoms with Crippen LogP contribution in [0.25, 0.3) is 0 Å². The zero-order valence-corrected chi connectivity index (χ0v) is 12.2. The third-order valence-corrected chi connectivity index (χ3v) is 2.84. The second-order valence-electron chi connectivity index (χ2n) is 4.36. The predicted molar refractivity (Wildman–Crippen MR) is 81.0 cm³/mol. The molecule has 114 valence electrons. The fraction of sp³-hybridized carbons (Fsp3) is 0.125. The van der Waals surface area contributed by atoms with E-state index in [4.69, 9.17) is 9.47 Å². The van der Waals surface area contributed by atoms with E-state index in [1.54, 1.807) is 30.3 Å². The summed E-state index contributed by atoms with van der Waals surface area (Å²) in [5, 5.41) is 3.80. The normalized spacial score (nSPS) is 10.5. The second kappa shape index (κ2) is 7.21. The molecule has 22 heavy (non-hydrogen) atoms. The van der Waals surface area contributed by atoms with Crippen molar-refractivity contribution in [3.63, 3.8) is 0 Å². The average molecular weight is 302 g/mol. The number of hydrogen-bond acceptors (Lipinski definition) is 4. The van der Waals surface area contributed by atoms with Crippen molar-refractivity contribution in [2.45, 2.75) is 0 Å². The molecule has 2 aromatic carbocycles. The maximum absolute atomic E-state index is 13.0. The molecule has 0 heterocycles. The molecule has 0 aliphatic heterocycles. The third-order valence-electron chi connectivity index (χ3n) is 2.84. The van der Waals surface area contributed by atoms with Crippen LogP contribution in [0, 0.1) is 5.82 Å². The number of carbonyl (C=O) groups excluding carboxylic acids is 1. The van der Waals surface area contributed by atoms with E-state index in [1.807, 2.05) is 0 Å². The number of amides is 1. The highest BCUT2D eigenvalue weighted by atomic mass is 19.1. The second-order valence-corrected chi connectivity index (χ2v) is 4.36. The predicted octanol–water partition coefficient (Wildman–Crippen LogP) is 2.61. The van der Waals surface area contributed by atoms with E-state index in [9.17, 15) is 9.18 Å². The first-order chi connectivity index (χ1) is 10.6. The third kappa shape index (κ3) is 4.05. The monoisotopic (exact) mass is 302 g/mol. The number of carbonyl (C=O) groups is 1. The minimum absolute atomic E-state index is 0.340. The van der Waals surface area contributed by atoms with Gasteiger partial charge in [0.15, 0.2) is 0 Å². The maximum atomic E-state index is 13.0. The summed E-state index contributed by atoms with van der Waals surface area (Å²) in [6.07, 6.45) is 1.36. The fourth-order valence-corrected chi connectivity index (χ4v) is 1.76. The van der Waals surface area contributed by atoms with E-state index in [2.05, 4.69) is 10.5 Å². The van der Waals surface area contributed by atoms with Gasteiger partial charge in [-0.3, -0.25) is 4.79 Å². The lowest BCUT2D eigenvalue weighted by atomic mass is 10.2. The first-order valence-corrected chi connectivity index (χ1v) is 6.44. The van der Waals surface area contributed by atoms with Crippen molar-refractivity contribution in [3.05, 3.63) is 59.4 Å². The Balaban J connectivity index is 2.09. The molecule has 2 aromatic rings. The summed E-state index contributed by atoms with van der Waals surface area (Å²) in [5.74, 6) is 0.204. The Morgan fingerprint density at radius 3 is 2.41 bits per heavy atom. The van der Waals surface area contributed by atoms with Crippen LogP contribution in [-0.4, -0.2) is 26.3 Å². The van der Waals surface area contributed by atoms with Gasteiger partial charge in [0.05, 0.1) is 20.4 Å². The molecule has 6 heteroatoms. The fourth-order valence-electron chi connectivity index (χ4n) is 1.76. The van der Waals surface area contributed by atoms with E-state index in [1.165, 1.54) is 32.6 Å². The number of ether oxygens (including phenoxy) is 2. The standard InChI is InChI=1S/C16H15FN2O3/c1-21-14-7-12(8-15(9-14)22-2)16(20)19-18-10-11-4-3-5-13(17)6-11/h3-10H,1-2H3,(H,19,20)/b18-10-. The highest BCUT2D eigenvalue weighted by Crippen LogP contribution is 2.22. The van der Waals surface area contributed by atoms with Crippen molar-refractivity contribution in [2.24, 2.45) is 5.10 Å². The average Bonchev–Trinajstić information content (AvgIpc) is 2.54. The van der Waals surface area contributed by atoms with Crippen LogP contribution in [0.5, 0.6) is 11.5 Å². The van der Waals surface area contributed by atoms with Crippen LogP contribution in [-0.2, 0) is 0 Å². The van der Waals surface area contributed by atoms with Crippen molar-refractivity contribution in [1.29, 1.82) is 0 Å². The number of halogens is 1. The Hall–Kier alpha value is -2.89. The molecule has 0 fully saturated rings. The smallest absolute Gasteiger partial charge is 0.271 e. The number of nitrogens with zero attached hydrogens (tertiary/aromatic N) is 1. The molecule has 0 saturated carbocycles. The number of hydrazone groups is 1. The number of rotatable bonds is 5. The van der Waals surface area contributed by atoms with Crippen molar-refractivity contribution in [1.82, 2.24) is 5.43 Å². The minimum atomic E-state index is -0.426. The molecule has 0 unspecified atom stereocenters. The quantitative estimate of drug-likeness (QED) is 0.682. The van der Waals surface area contributed by atoms with E-state index in [0.29, 0.717) is 22.6 Å². The lowest BCUT2D eigenvalue weighted by molar-refractivity contribution is 0.0954. The molecular weight excluding hydrogens is 287 g/mol. The van der Waals surface area contributed by atoms with Crippen LogP contribution in [0.2, 0.25) is 0 Å². The maximum Gasteiger partial charge on any atom is 0.271 e. The van der Waals surface area contributed by atoms with Gasteiger partial charge in [-0.1, -0.05) is 12.1 Å². The molecule has 1 amide bonds.